The summed E-state index contributed by atoms with van der Waals surface area (Å²) in [5.74, 6) is -0.935. The monoisotopic (exact) mass is 823 g/mol. The number of hydrogen-bond donors (Lipinski definition) is 0. The van der Waals surface area contributed by atoms with Gasteiger partial charge in [-0.3, -0.25) is 14.4 Å². The average Bonchev–Trinajstić information content (AvgIpc) is 3.23. The summed E-state index contributed by atoms with van der Waals surface area (Å²) >= 11 is 0. The van der Waals surface area contributed by atoms with Gasteiger partial charge in [-0.15, -0.1) is 0 Å². The zero-order chi connectivity index (χ0) is 43.0. The van der Waals surface area contributed by atoms with Gasteiger partial charge in [0.05, 0.1) is 0 Å². The van der Waals surface area contributed by atoms with Crippen LogP contribution in [-0.4, -0.2) is 37.2 Å². The fourth-order valence-electron chi connectivity index (χ4n) is 6.47. The molecule has 6 heteroatoms. The van der Waals surface area contributed by atoms with Crippen molar-refractivity contribution >= 4 is 17.9 Å². The standard InChI is InChI=1S/C53H90O6/c1-4-7-10-13-16-19-22-24-26-28-31-34-37-40-43-46-52(55)58-49-50(48-57-51(54)45-42-39-36-33-30-21-18-15-12-9-6-3)59-53(56)47-44-41-38-35-32-29-27-25-23-20-17-14-11-8-5-2/h7,10,15-20,24-27,50H,4-6,8-9,11-14,21-23,28-49H2,1-3H3/b10-7-,18-15-,19-16-,20-17-,26-24-,27-25-. The Morgan fingerprint density at radius 2 is 0.678 bits per heavy atom. The molecule has 0 fully saturated rings. The third-order valence-electron chi connectivity index (χ3n) is 10.2. The maximum Gasteiger partial charge on any atom is 0.306 e. The molecule has 0 aromatic carbocycles. The molecular weight excluding hydrogens is 733 g/mol. The van der Waals surface area contributed by atoms with Crippen molar-refractivity contribution in [3.8, 4) is 0 Å². The zero-order valence-electron chi connectivity index (χ0n) is 38.5. The summed E-state index contributed by atoms with van der Waals surface area (Å²) in [6, 6.07) is 0. The van der Waals surface area contributed by atoms with E-state index in [1.165, 1.54) is 57.8 Å². The Hall–Kier alpha value is -3.15. The van der Waals surface area contributed by atoms with E-state index >= 15 is 0 Å². The molecule has 0 saturated carbocycles. The number of carbonyl (C=O) groups is 3. The summed E-state index contributed by atoms with van der Waals surface area (Å²) in [5.41, 5.74) is 0. The molecule has 0 spiro atoms. The van der Waals surface area contributed by atoms with Gasteiger partial charge in [0.2, 0.25) is 0 Å². The van der Waals surface area contributed by atoms with Gasteiger partial charge >= 0.3 is 17.9 Å². The van der Waals surface area contributed by atoms with E-state index in [1.807, 2.05) is 0 Å². The molecule has 338 valence electrons. The smallest absolute Gasteiger partial charge is 0.306 e. The molecule has 0 heterocycles. The highest BCUT2D eigenvalue weighted by atomic mass is 16.6. The van der Waals surface area contributed by atoms with E-state index in [9.17, 15) is 14.4 Å². The number of rotatable bonds is 43. The highest BCUT2D eigenvalue weighted by Gasteiger charge is 2.19. The largest absolute Gasteiger partial charge is 0.462 e. The molecule has 0 bridgehead atoms. The quantitative estimate of drug-likeness (QED) is 0.0264. The Bertz CT molecular complexity index is 1130. The number of unbranched alkanes of at least 4 members (excludes halogenated alkanes) is 20. The first-order valence-corrected chi connectivity index (χ1v) is 24.4. The van der Waals surface area contributed by atoms with Gasteiger partial charge in [-0.05, 0) is 103 Å². The van der Waals surface area contributed by atoms with Crippen molar-refractivity contribution in [2.75, 3.05) is 13.2 Å². The molecule has 0 aliphatic carbocycles. The second-order valence-corrected chi connectivity index (χ2v) is 16.0. The van der Waals surface area contributed by atoms with Gasteiger partial charge in [0.1, 0.15) is 13.2 Å². The van der Waals surface area contributed by atoms with Gasteiger partial charge in [0.15, 0.2) is 6.10 Å². The van der Waals surface area contributed by atoms with Crippen LogP contribution in [-0.2, 0) is 28.6 Å². The summed E-state index contributed by atoms with van der Waals surface area (Å²) in [7, 11) is 0. The molecule has 0 aliphatic heterocycles. The van der Waals surface area contributed by atoms with E-state index in [1.54, 1.807) is 0 Å². The molecule has 0 N–H and O–H groups in total. The van der Waals surface area contributed by atoms with Crippen LogP contribution in [0.25, 0.3) is 0 Å². The van der Waals surface area contributed by atoms with Crippen LogP contribution in [0.1, 0.15) is 226 Å². The Labute approximate surface area is 363 Å². The van der Waals surface area contributed by atoms with Gasteiger partial charge in [0.25, 0.3) is 0 Å². The highest BCUT2D eigenvalue weighted by molar-refractivity contribution is 5.71. The fraction of sp³-hybridized carbons (Fsp3) is 0.717. The second kappa shape index (κ2) is 47.5. The zero-order valence-corrected chi connectivity index (χ0v) is 38.5. The molecule has 1 atom stereocenters. The third kappa shape index (κ3) is 45.8. The Kier molecular flexibility index (Phi) is 45.0. The van der Waals surface area contributed by atoms with Gasteiger partial charge < -0.3 is 14.2 Å². The minimum absolute atomic E-state index is 0.0918. The van der Waals surface area contributed by atoms with Crippen LogP contribution in [0.15, 0.2) is 72.9 Å². The number of carbonyl (C=O) groups excluding carboxylic acids is 3. The summed E-state index contributed by atoms with van der Waals surface area (Å²) in [5, 5.41) is 0. The molecule has 0 radical (unpaired) electrons. The lowest BCUT2D eigenvalue weighted by Crippen LogP contribution is -2.30. The number of allylic oxidation sites excluding steroid dienone is 12. The van der Waals surface area contributed by atoms with Gasteiger partial charge in [0, 0.05) is 19.3 Å². The van der Waals surface area contributed by atoms with E-state index in [2.05, 4.69) is 93.7 Å². The predicted molar refractivity (Wildman–Crippen MR) is 251 cm³/mol. The van der Waals surface area contributed by atoms with Crippen molar-refractivity contribution in [1.29, 1.82) is 0 Å². The van der Waals surface area contributed by atoms with Crippen LogP contribution in [0, 0.1) is 0 Å². The van der Waals surface area contributed by atoms with Crippen molar-refractivity contribution in [2.24, 2.45) is 0 Å². The molecule has 0 aliphatic rings. The Morgan fingerprint density at radius 3 is 1.10 bits per heavy atom. The maximum absolute atomic E-state index is 12.8. The lowest BCUT2D eigenvalue weighted by Gasteiger charge is -2.18. The topological polar surface area (TPSA) is 78.9 Å². The number of hydrogen-bond acceptors (Lipinski definition) is 6. The van der Waals surface area contributed by atoms with E-state index in [-0.39, 0.29) is 31.1 Å². The van der Waals surface area contributed by atoms with Gasteiger partial charge in [-0.25, -0.2) is 0 Å². The lowest BCUT2D eigenvalue weighted by atomic mass is 10.1. The molecule has 0 aromatic rings. The molecule has 0 amide bonds. The molecular formula is C53H90O6. The van der Waals surface area contributed by atoms with Crippen LogP contribution < -0.4 is 0 Å². The van der Waals surface area contributed by atoms with Crippen molar-refractivity contribution in [2.45, 2.75) is 232 Å². The van der Waals surface area contributed by atoms with Crippen LogP contribution in [0.2, 0.25) is 0 Å². The third-order valence-corrected chi connectivity index (χ3v) is 10.2. The first-order chi connectivity index (χ1) is 29.0. The van der Waals surface area contributed by atoms with E-state index in [0.29, 0.717) is 19.3 Å². The molecule has 0 saturated heterocycles. The molecule has 6 nitrogen and oxygen atoms in total. The molecule has 59 heavy (non-hydrogen) atoms. The predicted octanol–water partition coefficient (Wildman–Crippen LogP) is 15.9. The Morgan fingerprint density at radius 1 is 0.356 bits per heavy atom. The summed E-state index contributed by atoms with van der Waals surface area (Å²) < 4.78 is 16.7. The van der Waals surface area contributed by atoms with Gasteiger partial charge in [-0.1, -0.05) is 177 Å². The fourth-order valence-corrected chi connectivity index (χ4v) is 6.47. The lowest BCUT2D eigenvalue weighted by molar-refractivity contribution is -0.167. The SMILES string of the molecule is CC/C=C\C/C=C\C/C=C\CCCCCCCC(=O)OCC(COC(=O)CCCCCCC/C=C\CCCC)OC(=O)CCCCCCC/C=C\C/C=C\CCCCC. The van der Waals surface area contributed by atoms with E-state index < -0.39 is 6.10 Å². The summed E-state index contributed by atoms with van der Waals surface area (Å²) in [6.07, 6.45) is 58.8. The first kappa shape index (κ1) is 55.9. The first-order valence-electron chi connectivity index (χ1n) is 24.4. The van der Waals surface area contributed by atoms with Crippen molar-refractivity contribution in [1.82, 2.24) is 0 Å². The summed E-state index contributed by atoms with van der Waals surface area (Å²) in [6.45, 7) is 6.42. The minimum atomic E-state index is -0.791. The molecule has 0 aromatic heterocycles. The van der Waals surface area contributed by atoms with Crippen molar-refractivity contribution in [3.05, 3.63) is 72.9 Å². The van der Waals surface area contributed by atoms with Crippen LogP contribution in [0.3, 0.4) is 0 Å². The van der Waals surface area contributed by atoms with Crippen molar-refractivity contribution in [3.63, 3.8) is 0 Å². The molecule has 0 rings (SSSR count). The normalized spacial score (nSPS) is 12.7. The van der Waals surface area contributed by atoms with Crippen LogP contribution >= 0.6 is 0 Å². The van der Waals surface area contributed by atoms with Crippen LogP contribution in [0.5, 0.6) is 0 Å². The number of ether oxygens (including phenoxy) is 3. The molecule has 1 unspecified atom stereocenters. The van der Waals surface area contributed by atoms with E-state index in [0.717, 1.165) is 128 Å². The minimum Gasteiger partial charge on any atom is -0.462 e. The van der Waals surface area contributed by atoms with E-state index in [4.69, 9.17) is 14.2 Å². The average molecular weight is 823 g/mol. The maximum atomic E-state index is 12.8. The summed E-state index contributed by atoms with van der Waals surface area (Å²) in [4.78, 5) is 37.9. The van der Waals surface area contributed by atoms with Gasteiger partial charge in [-0.2, -0.15) is 0 Å². The number of esters is 3. The highest BCUT2D eigenvalue weighted by Crippen LogP contribution is 2.13. The second-order valence-electron chi connectivity index (χ2n) is 16.0. The van der Waals surface area contributed by atoms with Crippen molar-refractivity contribution < 1.29 is 28.6 Å². The Balaban J connectivity index is 4.44. The van der Waals surface area contributed by atoms with Crippen LogP contribution in [0.4, 0.5) is 0 Å².